The lowest BCUT2D eigenvalue weighted by Crippen LogP contribution is -2.55. The number of nitrogens with two attached hydrogens (primary N) is 2. The fourth-order valence-electron chi connectivity index (χ4n) is 16.2. The van der Waals surface area contributed by atoms with Gasteiger partial charge < -0.3 is 11.5 Å². The smallest absolute Gasteiger partial charge is 0.00392 e. The SMILES string of the molecule is CCCCCC(CCC)CCCCCCCC1(C2C3CCCC4CC5=C(C=C43)C(CCC5)C2C2(C3CCC(N)CC3)CCCCCCCCCC2)CCC(N)CC1. The largest absolute Gasteiger partial charge is 0.328 e. The highest BCUT2D eigenvalue weighted by atomic mass is 14.7. The van der Waals surface area contributed by atoms with E-state index in [4.69, 9.17) is 11.5 Å². The third-order valence-electron chi connectivity index (χ3n) is 19.1. The zero-order valence-electron chi connectivity index (χ0n) is 38.3. The first-order valence-corrected chi connectivity index (χ1v) is 26.9. The van der Waals surface area contributed by atoms with Gasteiger partial charge in [0.2, 0.25) is 0 Å². The van der Waals surface area contributed by atoms with E-state index in [9.17, 15) is 0 Å². The molecule has 0 aliphatic heterocycles. The molecule has 57 heavy (non-hydrogen) atoms. The third kappa shape index (κ3) is 10.7. The van der Waals surface area contributed by atoms with Crippen molar-refractivity contribution in [3.63, 3.8) is 0 Å². The highest BCUT2D eigenvalue weighted by molar-refractivity contribution is 5.43. The lowest BCUT2D eigenvalue weighted by molar-refractivity contribution is -0.107. The molecule has 4 fully saturated rings. The van der Waals surface area contributed by atoms with E-state index in [1.807, 2.05) is 16.7 Å². The molecule has 7 rings (SSSR count). The van der Waals surface area contributed by atoms with Crippen LogP contribution in [0.3, 0.4) is 0 Å². The van der Waals surface area contributed by atoms with Gasteiger partial charge in [-0.3, -0.25) is 0 Å². The molecule has 0 heterocycles. The molecule has 6 atom stereocenters. The van der Waals surface area contributed by atoms with E-state index in [-0.39, 0.29) is 0 Å². The Morgan fingerprint density at radius 1 is 0.561 bits per heavy atom. The molecule has 2 nitrogen and oxygen atoms in total. The second kappa shape index (κ2) is 22.0. The molecule has 2 heteroatoms. The van der Waals surface area contributed by atoms with Crippen molar-refractivity contribution in [3.05, 3.63) is 22.8 Å². The van der Waals surface area contributed by atoms with Crippen LogP contribution in [0.2, 0.25) is 0 Å². The zero-order valence-corrected chi connectivity index (χ0v) is 38.3. The van der Waals surface area contributed by atoms with Gasteiger partial charge in [0, 0.05) is 12.1 Å². The highest BCUT2D eigenvalue weighted by Gasteiger charge is 2.60. The lowest BCUT2D eigenvalue weighted by Gasteiger charge is -2.61. The molecule has 2 bridgehead atoms. The molecule has 0 aromatic heterocycles. The fourth-order valence-corrected chi connectivity index (χ4v) is 16.2. The molecule has 0 aromatic rings. The van der Waals surface area contributed by atoms with Crippen molar-refractivity contribution in [2.45, 2.75) is 270 Å². The van der Waals surface area contributed by atoms with Crippen LogP contribution in [0.4, 0.5) is 0 Å². The summed E-state index contributed by atoms with van der Waals surface area (Å²) in [5.41, 5.74) is 20.7. The van der Waals surface area contributed by atoms with E-state index >= 15 is 0 Å². The maximum atomic E-state index is 6.96. The van der Waals surface area contributed by atoms with E-state index in [0.29, 0.717) is 22.9 Å². The van der Waals surface area contributed by atoms with Crippen molar-refractivity contribution in [1.82, 2.24) is 0 Å². The van der Waals surface area contributed by atoms with Crippen LogP contribution in [0.1, 0.15) is 258 Å². The topological polar surface area (TPSA) is 52.0 Å². The first-order valence-electron chi connectivity index (χ1n) is 26.9. The molecule has 7 aliphatic rings. The van der Waals surface area contributed by atoms with Crippen molar-refractivity contribution in [3.8, 4) is 0 Å². The molecule has 4 N–H and O–H groups in total. The Kier molecular flexibility index (Phi) is 17.1. The van der Waals surface area contributed by atoms with Gasteiger partial charge in [0.15, 0.2) is 0 Å². The molecule has 326 valence electrons. The molecule has 0 aromatic carbocycles. The van der Waals surface area contributed by atoms with Gasteiger partial charge in [-0.25, -0.2) is 0 Å². The van der Waals surface area contributed by atoms with Crippen LogP contribution in [-0.4, -0.2) is 12.1 Å². The molecule has 0 amide bonds. The average Bonchev–Trinajstić information content (AvgIpc) is 3.41. The summed E-state index contributed by atoms with van der Waals surface area (Å²) in [5.74, 6) is 6.14. The van der Waals surface area contributed by atoms with Crippen molar-refractivity contribution in [1.29, 1.82) is 0 Å². The van der Waals surface area contributed by atoms with E-state index in [1.165, 1.54) is 244 Å². The van der Waals surface area contributed by atoms with E-state index in [0.717, 1.165) is 41.4 Å². The van der Waals surface area contributed by atoms with Crippen LogP contribution >= 0.6 is 0 Å². The monoisotopic (exact) mass is 785 g/mol. The van der Waals surface area contributed by atoms with Gasteiger partial charge in [0.1, 0.15) is 0 Å². The van der Waals surface area contributed by atoms with Gasteiger partial charge in [0.25, 0.3) is 0 Å². The van der Waals surface area contributed by atoms with Crippen LogP contribution in [0.15, 0.2) is 22.8 Å². The van der Waals surface area contributed by atoms with Crippen LogP contribution in [0.5, 0.6) is 0 Å². The maximum Gasteiger partial charge on any atom is 0.00392 e. The normalized spacial score (nSPS) is 36.8. The van der Waals surface area contributed by atoms with Crippen molar-refractivity contribution in [2.24, 2.45) is 63.7 Å². The van der Waals surface area contributed by atoms with Gasteiger partial charge in [-0.2, -0.15) is 0 Å². The Morgan fingerprint density at radius 2 is 1.19 bits per heavy atom. The van der Waals surface area contributed by atoms with E-state index in [2.05, 4.69) is 19.9 Å². The van der Waals surface area contributed by atoms with Crippen LogP contribution in [0.25, 0.3) is 0 Å². The first-order chi connectivity index (χ1) is 28.0. The number of rotatable bonds is 17. The summed E-state index contributed by atoms with van der Waals surface area (Å²) >= 11 is 0. The van der Waals surface area contributed by atoms with Crippen molar-refractivity contribution in [2.75, 3.05) is 0 Å². The van der Waals surface area contributed by atoms with Gasteiger partial charge in [-0.1, -0.05) is 166 Å². The Hall–Kier alpha value is -0.600. The molecule has 0 spiro atoms. The van der Waals surface area contributed by atoms with E-state index < -0.39 is 0 Å². The molecule has 7 aliphatic carbocycles. The van der Waals surface area contributed by atoms with Crippen molar-refractivity contribution < 1.29 is 0 Å². The Labute approximate surface area is 355 Å². The predicted molar refractivity (Wildman–Crippen MR) is 247 cm³/mol. The molecular formula is C55H96N2. The summed E-state index contributed by atoms with van der Waals surface area (Å²) in [4.78, 5) is 0. The standard InChI is InChI=1S/C55H96N2/c1-3-5-15-23-42(22-4-2)24-16-11-10-12-17-35-54(38-33-47(57)34-39-54)52-48-27-20-25-43-40-44-26-21-28-49(51(44)41-50(43)48)53(52)55(45-29-31-46(56)32-30-45)36-18-13-8-6-7-9-14-19-37-55/h41-43,45-49,52-53H,3-40,56-57H2,1-2H3. The van der Waals surface area contributed by atoms with Gasteiger partial charge in [-0.05, 0) is 167 Å². The number of allylic oxidation sites excluding steroid dienone is 4. The highest BCUT2D eigenvalue weighted by Crippen LogP contribution is 2.69. The maximum absolute atomic E-state index is 6.96. The third-order valence-corrected chi connectivity index (χ3v) is 19.1. The minimum absolute atomic E-state index is 0.434. The van der Waals surface area contributed by atoms with Crippen LogP contribution < -0.4 is 11.5 Å². The zero-order chi connectivity index (χ0) is 39.5. The number of unbranched alkanes of at least 4 members (excludes halogenated alkanes) is 6. The van der Waals surface area contributed by atoms with Gasteiger partial charge in [-0.15, -0.1) is 0 Å². The summed E-state index contributed by atoms with van der Waals surface area (Å²) in [6.45, 7) is 4.77. The summed E-state index contributed by atoms with van der Waals surface area (Å²) in [7, 11) is 0. The summed E-state index contributed by atoms with van der Waals surface area (Å²) in [6.07, 6.45) is 58.0. The molecule has 4 saturated carbocycles. The Balaban J connectivity index is 1.21. The minimum atomic E-state index is 0.434. The predicted octanol–water partition coefficient (Wildman–Crippen LogP) is 16.1. The van der Waals surface area contributed by atoms with Crippen LogP contribution in [-0.2, 0) is 0 Å². The summed E-state index contributed by atoms with van der Waals surface area (Å²) in [5, 5.41) is 0. The van der Waals surface area contributed by atoms with E-state index in [1.54, 1.807) is 0 Å². The first kappa shape index (κ1) is 44.5. The summed E-state index contributed by atoms with van der Waals surface area (Å²) < 4.78 is 0. The second-order valence-electron chi connectivity index (χ2n) is 22.5. The summed E-state index contributed by atoms with van der Waals surface area (Å²) in [6, 6.07) is 0.880. The molecule has 0 saturated heterocycles. The van der Waals surface area contributed by atoms with Crippen LogP contribution in [0, 0.1) is 52.3 Å². The minimum Gasteiger partial charge on any atom is -0.328 e. The Morgan fingerprint density at radius 3 is 1.89 bits per heavy atom. The van der Waals surface area contributed by atoms with Crippen molar-refractivity contribution >= 4 is 0 Å². The molecule has 0 radical (unpaired) electrons. The molecule has 6 unspecified atom stereocenters. The lowest BCUT2D eigenvalue weighted by atomic mass is 9.44. The average molecular weight is 785 g/mol. The second-order valence-corrected chi connectivity index (χ2v) is 22.5. The quantitative estimate of drug-likeness (QED) is 0.144. The Bertz CT molecular complexity index is 1230. The number of hydrogen-bond donors (Lipinski definition) is 2. The van der Waals surface area contributed by atoms with Gasteiger partial charge in [0.05, 0.1) is 0 Å². The fraction of sp³-hybridized carbons (Fsp3) is 0.927. The molecular weight excluding hydrogens is 689 g/mol. The van der Waals surface area contributed by atoms with Gasteiger partial charge >= 0.3 is 0 Å². The number of hydrogen-bond acceptors (Lipinski definition) is 2.